The van der Waals surface area contributed by atoms with E-state index in [4.69, 9.17) is 4.84 Å². The Hall–Kier alpha value is -1.78. The SMILES string of the molecule is CCCCCCn1cc(O)c(=O)cc1/C=N/OCC. The van der Waals surface area contributed by atoms with Gasteiger partial charge in [-0.1, -0.05) is 31.3 Å². The van der Waals surface area contributed by atoms with Gasteiger partial charge in [0.2, 0.25) is 5.43 Å². The van der Waals surface area contributed by atoms with Crippen LogP contribution < -0.4 is 5.43 Å². The van der Waals surface area contributed by atoms with E-state index >= 15 is 0 Å². The molecule has 5 heteroatoms. The van der Waals surface area contributed by atoms with E-state index in [-0.39, 0.29) is 5.75 Å². The summed E-state index contributed by atoms with van der Waals surface area (Å²) in [5.74, 6) is -0.232. The molecule has 0 saturated carbocycles. The number of hydrogen-bond donors (Lipinski definition) is 1. The van der Waals surface area contributed by atoms with Crippen LogP contribution in [-0.4, -0.2) is 22.5 Å². The second-order valence-corrected chi connectivity index (χ2v) is 4.35. The number of unbranched alkanes of at least 4 members (excludes halogenated alkanes) is 3. The molecule has 1 aromatic rings. The Labute approximate surface area is 113 Å². The summed E-state index contributed by atoms with van der Waals surface area (Å²) in [7, 11) is 0. The van der Waals surface area contributed by atoms with Gasteiger partial charge in [-0.25, -0.2) is 0 Å². The summed E-state index contributed by atoms with van der Waals surface area (Å²) in [4.78, 5) is 16.3. The summed E-state index contributed by atoms with van der Waals surface area (Å²) in [5, 5.41) is 13.3. The summed E-state index contributed by atoms with van der Waals surface area (Å²) < 4.78 is 1.83. The van der Waals surface area contributed by atoms with Gasteiger partial charge in [-0.15, -0.1) is 0 Å². The van der Waals surface area contributed by atoms with Crippen LogP contribution in [0.15, 0.2) is 22.2 Å². The van der Waals surface area contributed by atoms with Crippen LogP contribution in [0.3, 0.4) is 0 Å². The largest absolute Gasteiger partial charge is 0.503 e. The molecule has 0 unspecified atom stereocenters. The molecule has 1 rings (SSSR count). The van der Waals surface area contributed by atoms with Crippen LogP contribution in [0, 0.1) is 0 Å². The molecule has 1 aromatic heterocycles. The standard InChI is InChI=1S/C14H22N2O3/c1-3-5-6-7-8-16-11-14(18)13(17)9-12(16)10-15-19-4-2/h9-11,18H,3-8H2,1-2H3/b15-10+. The summed E-state index contributed by atoms with van der Waals surface area (Å²) in [6.07, 6.45) is 7.46. The van der Waals surface area contributed by atoms with E-state index < -0.39 is 5.43 Å². The summed E-state index contributed by atoms with van der Waals surface area (Å²) in [6, 6.07) is 1.37. The molecule has 1 N–H and O–H groups in total. The van der Waals surface area contributed by atoms with Crippen LogP contribution in [0.5, 0.6) is 5.75 Å². The molecular formula is C14H22N2O3. The zero-order valence-corrected chi connectivity index (χ0v) is 11.6. The third-order valence-electron chi connectivity index (χ3n) is 2.78. The van der Waals surface area contributed by atoms with Crippen LogP contribution in [-0.2, 0) is 11.4 Å². The van der Waals surface area contributed by atoms with Crippen molar-refractivity contribution in [1.82, 2.24) is 4.57 Å². The molecule has 0 bridgehead atoms. The average Bonchev–Trinajstić information content (AvgIpc) is 2.40. The highest BCUT2D eigenvalue weighted by molar-refractivity contribution is 5.76. The highest BCUT2D eigenvalue weighted by Gasteiger charge is 2.04. The molecule has 0 atom stereocenters. The molecule has 0 aromatic carbocycles. The number of aromatic hydroxyl groups is 1. The molecule has 0 aliphatic carbocycles. The minimum atomic E-state index is -0.400. The van der Waals surface area contributed by atoms with Crippen molar-refractivity contribution in [3.8, 4) is 5.75 Å². The predicted octanol–water partition coefficient (Wildman–Crippen LogP) is 2.50. The summed E-state index contributed by atoms with van der Waals surface area (Å²) in [6.45, 7) is 5.23. The van der Waals surface area contributed by atoms with Crippen LogP contribution in [0.2, 0.25) is 0 Å². The molecule has 1 heterocycles. The van der Waals surface area contributed by atoms with Crippen molar-refractivity contribution in [2.45, 2.75) is 46.1 Å². The molecule has 0 amide bonds. The second-order valence-electron chi connectivity index (χ2n) is 4.35. The smallest absolute Gasteiger partial charge is 0.223 e. The maximum absolute atomic E-state index is 11.4. The van der Waals surface area contributed by atoms with E-state index in [1.54, 1.807) is 0 Å². The van der Waals surface area contributed by atoms with Crippen molar-refractivity contribution in [1.29, 1.82) is 0 Å². The molecule has 0 radical (unpaired) electrons. The monoisotopic (exact) mass is 266 g/mol. The fourth-order valence-electron chi connectivity index (χ4n) is 1.76. The van der Waals surface area contributed by atoms with Crippen molar-refractivity contribution < 1.29 is 9.94 Å². The van der Waals surface area contributed by atoms with Crippen molar-refractivity contribution in [2.75, 3.05) is 6.61 Å². The topological polar surface area (TPSA) is 63.8 Å². The van der Waals surface area contributed by atoms with E-state index in [9.17, 15) is 9.90 Å². The summed E-state index contributed by atoms with van der Waals surface area (Å²) in [5.41, 5.74) is 0.246. The third kappa shape index (κ3) is 5.16. The van der Waals surface area contributed by atoms with Gasteiger partial charge >= 0.3 is 0 Å². The lowest BCUT2D eigenvalue weighted by Crippen LogP contribution is -2.12. The first-order valence-corrected chi connectivity index (χ1v) is 6.77. The normalized spacial score (nSPS) is 11.1. The quantitative estimate of drug-likeness (QED) is 0.446. The lowest BCUT2D eigenvalue weighted by molar-refractivity contribution is 0.160. The van der Waals surface area contributed by atoms with Gasteiger partial charge in [0.15, 0.2) is 5.75 Å². The first-order valence-electron chi connectivity index (χ1n) is 6.77. The second kappa shape index (κ2) is 8.34. The van der Waals surface area contributed by atoms with Crippen LogP contribution >= 0.6 is 0 Å². The van der Waals surface area contributed by atoms with E-state index in [0.29, 0.717) is 12.3 Å². The number of hydrogen-bond acceptors (Lipinski definition) is 4. The Morgan fingerprint density at radius 1 is 1.37 bits per heavy atom. The first-order chi connectivity index (χ1) is 9.19. The highest BCUT2D eigenvalue weighted by Crippen LogP contribution is 2.07. The molecule has 0 saturated heterocycles. The van der Waals surface area contributed by atoms with Gasteiger partial charge in [0, 0.05) is 12.6 Å². The van der Waals surface area contributed by atoms with Gasteiger partial charge in [-0.2, -0.15) is 0 Å². The van der Waals surface area contributed by atoms with Gasteiger partial charge < -0.3 is 14.5 Å². The zero-order chi connectivity index (χ0) is 14.1. The van der Waals surface area contributed by atoms with Crippen molar-refractivity contribution in [2.24, 2.45) is 5.16 Å². The lowest BCUT2D eigenvalue weighted by atomic mass is 10.2. The number of aryl methyl sites for hydroxylation is 1. The minimum absolute atomic E-state index is 0.232. The number of oxime groups is 1. The lowest BCUT2D eigenvalue weighted by Gasteiger charge is -2.10. The Balaban J connectivity index is 2.80. The fourth-order valence-corrected chi connectivity index (χ4v) is 1.76. The molecular weight excluding hydrogens is 244 g/mol. The maximum atomic E-state index is 11.4. The molecule has 0 spiro atoms. The maximum Gasteiger partial charge on any atom is 0.223 e. The molecule has 0 aliphatic rings. The summed E-state index contributed by atoms with van der Waals surface area (Å²) >= 11 is 0. The van der Waals surface area contributed by atoms with Crippen LogP contribution in [0.25, 0.3) is 0 Å². The first kappa shape index (κ1) is 15.3. The van der Waals surface area contributed by atoms with Crippen LogP contribution in [0.1, 0.15) is 45.2 Å². The third-order valence-corrected chi connectivity index (χ3v) is 2.78. The molecule has 19 heavy (non-hydrogen) atoms. The molecule has 0 fully saturated rings. The Bertz CT molecular complexity index is 466. The van der Waals surface area contributed by atoms with E-state index in [1.807, 2.05) is 11.5 Å². The van der Waals surface area contributed by atoms with Gasteiger partial charge in [-0.05, 0) is 13.3 Å². The van der Waals surface area contributed by atoms with Gasteiger partial charge in [0.25, 0.3) is 0 Å². The Morgan fingerprint density at radius 3 is 2.84 bits per heavy atom. The van der Waals surface area contributed by atoms with Gasteiger partial charge in [0.05, 0.1) is 18.1 Å². The molecule has 5 nitrogen and oxygen atoms in total. The van der Waals surface area contributed by atoms with E-state index in [2.05, 4.69) is 12.1 Å². The van der Waals surface area contributed by atoms with Gasteiger partial charge in [0.1, 0.15) is 6.61 Å². The number of nitrogens with zero attached hydrogens (tertiary/aromatic N) is 2. The van der Waals surface area contributed by atoms with Crippen molar-refractivity contribution in [3.63, 3.8) is 0 Å². The Kier molecular flexibility index (Phi) is 6.71. The molecule has 0 aliphatic heterocycles. The number of pyridine rings is 1. The number of rotatable bonds is 8. The average molecular weight is 266 g/mol. The fraction of sp³-hybridized carbons (Fsp3) is 0.571. The van der Waals surface area contributed by atoms with Crippen molar-refractivity contribution in [3.05, 3.63) is 28.2 Å². The Morgan fingerprint density at radius 2 is 2.16 bits per heavy atom. The van der Waals surface area contributed by atoms with Crippen LogP contribution in [0.4, 0.5) is 0 Å². The molecule has 106 valence electrons. The highest BCUT2D eigenvalue weighted by atomic mass is 16.6. The predicted molar refractivity (Wildman–Crippen MR) is 75.7 cm³/mol. The minimum Gasteiger partial charge on any atom is -0.503 e. The van der Waals surface area contributed by atoms with Gasteiger partial charge in [-0.3, -0.25) is 4.79 Å². The number of aromatic nitrogens is 1. The van der Waals surface area contributed by atoms with E-state index in [0.717, 1.165) is 19.4 Å². The van der Waals surface area contributed by atoms with E-state index in [1.165, 1.54) is 31.3 Å². The van der Waals surface area contributed by atoms with Crippen molar-refractivity contribution >= 4 is 6.21 Å². The zero-order valence-electron chi connectivity index (χ0n) is 11.6.